The second-order valence-corrected chi connectivity index (χ2v) is 9.10. The number of hydrogen-bond acceptors (Lipinski definition) is 7. The summed E-state index contributed by atoms with van der Waals surface area (Å²) in [6, 6.07) is 19.4. The van der Waals surface area contributed by atoms with Crippen LogP contribution in [0.15, 0.2) is 81.0 Å². The molecule has 0 radical (unpaired) electrons. The van der Waals surface area contributed by atoms with Crippen molar-refractivity contribution >= 4 is 57.3 Å². The van der Waals surface area contributed by atoms with Gasteiger partial charge in [-0.25, -0.2) is 9.78 Å². The lowest BCUT2D eigenvalue weighted by molar-refractivity contribution is -0.150. The Kier molecular flexibility index (Phi) is 7.18. The SMILES string of the molecule is CCOC(=O)[C@H](C)Oc1c(Cl)cc(C=Nn2c(-c3cc4ccccc4o3)nc3ccccc3c2=O)cc1Cl. The van der Waals surface area contributed by atoms with E-state index in [1.165, 1.54) is 10.9 Å². The molecule has 0 fully saturated rings. The average molecular weight is 550 g/mol. The second-order valence-electron chi connectivity index (χ2n) is 8.29. The van der Waals surface area contributed by atoms with Gasteiger partial charge in [-0.15, -0.1) is 0 Å². The van der Waals surface area contributed by atoms with Crippen LogP contribution in [0.25, 0.3) is 33.5 Å². The highest BCUT2D eigenvalue weighted by molar-refractivity contribution is 6.37. The third-order valence-electron chi connectivity index (χ3n) is 5.66. The van der Waals surface area contributed by atoms with E-state index >= 15 is 0 Å². The molecule has 0 saturated heterocycles. The highest BCUT2D eigenvalue weighted by Crippen LogP contribution is 2.35. The Hall–Kier alpha value is -4.14. The largest absolute Gasteiger partial charge is 0.476 e. The van der Waals surface area contributed by atoms with E-state index in [1.807, 2.05) is 30.3 Å². The summed E-state index contributed by atoms with van der Waals surface area (Å²) in [7, 11) is 0. The summed E-state index contributed by atoms with van der Waals surface area (Å²) in [6.45, 7) is 3.47. The molecule has 0 bridgehead atoms. The van der Waals surface area contributed by atoms with Crippen LogP contribution in [0.2, 0.25) is 10.0 Å². The lowest BCUT2D eigenvalue weighted by atomic mass is 10.2. The van der Waals surface area contributed by atoms with E-state index in [9.17, 15) is 9.59 Å². The second kappa shape index (κ2) is 10.7. The van der Waals surface area contributed by atoms with Crippen molar-refractivity contribution in [3.63, 3.8) is 0 Å². The molecule has 1 atom stereocenters. The fourth-order valence-electron chi connectivity index (χ4n) is 3.86. The number of carbonyl (C=O) groups is 1. The van der Waals surface area contributed by atoms with Gasteiger partial charge in [0.2, 0.25) is 5.82 Å². The standard InChI is InChI=1S/C28H21Cl2N3O5/c1-3-36-28(35)16(2)37-25-20(29)12-17(13-21(25)30)15-31-33-26(24-14-18-8-4-7-11-23(18)38-24)32-22-10-6-5-9-19(22)27(33)34/h4-16H,3H2,1-2H3/t16-/m0/s1. The number of rotatable bonds is 7. The number of furan rings is 1. The van der Waals surface area contributed by atoms with Gasteiger partial charge in [-0.2, -0.15) is 9.78 Å². The lowest BCUT2D eigenvalue weighted by Gasteiger charge is -2.16. The third-order valence-corrected chi connectivity index (χ3v) is 6.22. The number of fused-ring (bicyclic) bond motifs is 2. The Morgan fingerprint density at radius 1 is 1.11 bits per heavy atom. The quantitative estimate of drug-likeness (QED) is 0.174. The molecule has 192 valence electrons. The van der Waals surface area contributed by atoms with E-state index < -0.39 is 12.1 Å². The summed E-state index contributed by atoms with van der Waals surface area (Å²) in [5.41, 5.74) is 1.30. The van der Waals surface area contributed by atoms with Gasteiger partial charge in [-0.3, -0.25) is 4.79 Å². The Balaban J connectivity index is 1.55. The molecule has 2 aromatic heterocycles. The first kappa shape index (κ1) is 25.5. The Bertz CT molecular complexity index is 1700. The average Bonchev–Trinajstić information content (AvgIpc) is 3.34. The molecule has 8 nitrogen and oxygen atoms in total. The predicted octanol–water partition coefficient (Wildman–Crippen LogP) is 6.33. The maximum atomic E-state index is 13.4. The lowest BCUT2D eigenvalue weighted by Crippen LogP contribution is -2.26. The van der Waals surface area contributed by atoms with Gasteiger partial charge in [0.05, 0.1) is 33.8 Å². The molecule has 0 aliphatic heterocycles. The van der Waals surface area contributed by atoms with Crippen molar-refractivity contribution in [2.45, 2.75) is 20.0 Å². The number of aromatic nitrogens is 2. The number of carbonyl (C=O) groups excluding carboxylic acids is 1. The number of para-hydroxylation sites is 2. The topological polar surface area (TPSA) is 95.9 Å². The van der Waals surface area contributed by atoms with Crippen LogP contribution in [0.1, 0.15) is 19.4 Å². The molecule has 0 amide bonds. The normalized spacial score (nSPS) is 12.3. The monoisotopic (exact) mass is 549 g/mol. The van der Waals surface area contributed by atoms with Crippen molar-refractivity contribution in [1.29, 1.82) is 0 Å². The molecular formula is C28H21Cl2N3O5. The summed E-state index contributed by atoms with van der Waals surface area (Å²) >= 11 is 12.8. The molecule has 0 aliphatic carbocycles. The Morgan fingerprint density at radius 3 is 2.55 bits per heavy atom. The number of ether oxygens (including phenoxy) is 2. The number of benzene rings is 3. The molecule has 0 saturated carbocycles. The van der Waals surface area contributed by atoms with Gasteiger partial charge in [-0.05, 0) is 55.8 Å². The van der Waals surface area contributed by atoms with Crippen LogP contribution in [-0.2, 0) is 9.53 Å². The Labute approximate surface area is 227 Å². The highest BCUT2D eigenvalue weighted by atomic mass is 35.5. The molecule has 2 heterocycles. The van der Waals surface area contributed by atoms with E-state index in [1.54, 1.807) is 50.2 Å². The van der Waals surface area contributed by atoms with Crippen molar-refractivity contribution in [1.82, 2.24) is 9.66 Å². The molecule has 0 spiro atoms. The van der Waals surface area contributed by atoms with E-state index in [-0.39, 0.29) is 33.8 Å². The smallest absolute Gasteiger partial charge is 0.347 e. The maximum Gasteiger partial charge on any atom is 0.347 e. The van der Waals surface area contributed by atoms with Crippen LogP contribution < -0.4 is 10.3 Å². The number of halogens is 2. The Morgan fingerprint density at radius 2 is 1.82 bits per heavy atom. The predicted molar refractivity (Wildman–Crippen MR) is 147 cm³/mol. The van der Waals surface area contributed by atoms with Gasteiger partial charge in [0.1, 0.15) is 5.58 Å². The van der Waals surface area contributed by atoms with Crippen molar-refractivity contribution in [2.75, 3.05) is 6.61 Å². The van der Waals surface area contributed by atoms with Gasteiger partial charge >= 0.3 is 5.97 Å². The maximum absolute atomic E-state index is 13.4. The zero-order chi connectivity index (χ0) is 26.8. The van der Waals surface area contributed by atoms with E-state index in [4.69, 9.17) is 37.1 Å². The molecule has 5 aromatic rings. The molecule has 5 rings (SSSR count). The molecular weight excluding hydrogens is 529 g/mol. The minimum atomic E-state index is -0.905. The van der Waals surface area contributed by atoms with Crippen LogP contribution in [0.5, 0.6) is 5.75 Å². The highest BCUT2D eigenvalue weighted by Gasteiger charge is 2.20. The molecule has 0 N–H and O–H groups in total. The fourth-order valence-corrected chi connectivity index (χ4v) is 4.45. The van der Waals surface area contributed by atoms with Crippen LogP contribution in [0.4, 0.5) is 0 Å². The minimum absolute atomic E-state index is 0.138. The van der Waals surface area contributed by atoms with Crippen LogP contribution >= 0.6 is 23.2 Å². The molecule has 38 heavy (non-hydrogen) atoms. The van der Waals surface area contributed by atoms with Crippen molar-refractivity contribution in [3.8, 4) is 17.3 Å². The molecule has 0 unspecified atom stereocenters. The molecule has 10 heteroatoms. The molecule has 0 aliphatic rings. The van der Waals surface area contributed by atoms with E-state index in [2.05, 4.69) is 10.1 Å². The van der Waals surface area contributed by atoms with Crippen molar-refractivity contribution in [3.05, 3.63) is 92.7 Å². The minimum Gasteiger partial charge on any atom is -0.476 e. The summed E-state index contributed by atoms with van der Waals surface area (Å²) in [6.07, 6.45) is 0.526. The zero-order valence-electron chi connectivity index (χ0n) is 20.4. The van der Waals surface area contributed by atoms with Gasteiger partial charge in [-0.1, -0.05) is 53.5 Å². The molecule has 3 aromatic carbocycles. The first-order valence-electron chi connectivity index (χ1n) is 11.7. The number of hydrogen-bond donors (Lipinski definition) is 0. The van der Waals surface area contributed by atoms with Gasteiger partial charge in [0.25, 0.3) is 5.56 Å². The fraction of sp³-hybridized carbons (Fsp3) is 0.143. The van der Waals surface area contributed by atoms with Crippen molar-refractivity contribution in [2.24, 2.45) is 5.10 Å². The van der Waals surface area contributed by atoms with E-state index in [0.717, 1.165) is 5.39 Å². The number of nitrogens with zero attached hydrogens (tertiary/aromatic N) is 3. The van der Waals surface area contributed by atoms with Crippen LogP contribution in [0, 0.1) is 0 Å². The van der Waals surface area contributed by atoms with Crippen LogP contribution in [-0.4, -0.2) is 34.6 Å². The van der Waals surface area contributed by atoms with Gasteiger partial charge in [0.15, 0.2) is 17.6 Å². The van der Waals surface area contributed by atoms with Gasteiger partial charge < -0.3 is 13.9 Å². The van der Waals surface area contributed by atoms with E-state index in [0.29, 0.717) is 27.8 Å². The summed E-state index contributed by atoms with van der Waals surface area (Å²) in [5.74, 6) is 0.227. The summed E-state index contributed by atoms with van der Waals surface area (Å²) in [5, 5.41) is 6.02. The summed E-state index contributed by atoms with van der Waals surface area (Å²) < 4.78 is 17.7. The third kappa shape index (κ3) is 5.01. The summed E-state index contributed by atoms with van der Waals surface area (Å²) in [4.78, 5) is 30.0. The zero-order valence-corrected chi connectivity index (χ0v) is 21.9. The van der Waals surface area contributed by atoms with Gasteiger partial charge in [0, 0.05) is 5.39 Å². The van der Waals surface area contributed by atoms with Crippen molar-refractivity contribution < 1.29 is 18.7 Å². The first-order valence-corrected chi connectivity index (χ1v) is 12.5. The number of esters is 1. The first-order chi connectivity index (χ1) is 18.4. The van der Waals surface area contributed by atoms with Crippen LogP contribution in [0.3, 0.4) is 0 Å².